The van der Waals surface area contributed by atoms with Crippen molar-refractivity contribution in [1.82, 2.24) is 5.32 Å². The number of rotatable bonds is 4. The van der Waals surface area contributed by atoms with Gasteiger partial charge in [0, 0.05) is 6.54 Å². The normalized spacial score (nSPS) is 27.3. The lowest BCUT2D eigenvalue weighted by molar-refractivity contribution is -0.119. The number of amides is 1. The van der Waals surface area contributed by atoms with Crippen molar-refractivity contribution in [2.45, 2.75) is 39.0 Å². The minimum Gasteiger partial charge on any atom is -0.355 e. The van der Waals surface area contributed by atoms with Crippen LogP contribution in [0.2, 0.25) is 0 Å². The molecule has 0 aromatic carbocycles. The van der Waals surface area contributed by atoms with Gasteiger partial charge >= 0.3 is 0 Å². The SMILES string of the molecule is CC1CCCC(CCNC(=O)CN)C1. The molecule has 0 saturated heterocycles. The monoisotopic (exact) mass is 198 g/mol. The molecule has 2 atom stereocenters. The molecule has 0 radical (unpaired) electrons. The van der Waals surface area contributed by atoms with E-state index in [9.17, 15) is 4.79 Å². The number of hydrogen-bond acceptors (Lipinski definition) is 2. The van der Waals surface area contributed by atoms with Gasteiger partial charge < -0.3 is 11.1 Å². The summed E-state index contributed by atoms with van der Waals surface area (Å²) in [5, 5.41) is 2.83. The van der Waals surface area contributed by atoms with Crippen LogP contribution in [-0.2, 0) is 4.79 Å². The average molecular weight is 198 g/mol. The lowest BCUT2D eigenvalue weighted by Gasteiger charge is -2.26. The van der Waals surface area contributed by atoms with Crippen LogP contribution < -0.4 is 11.1 Å². The summed E-state index contributed by atoms with van der Waals surface area (Å²) < 4.78 is 0. The van der Waals surface area contributed by atoms with E-state index in [1.807, 2.05) is 0 Å². The van der Waals surface area contributed by atoms with Gasteiger partial charge in [-0.1, -0.05) is 26.2 Å². The Bertz CT molecular complexity index is 182. The van der Waals surface area contributed by atoms with Crippen LogP contribution in [0, 0.1) is 11.8 Å². The third kappa shape index (κ3) is 4.09. The van der Waals surface area contributed by atoms with Crippen LogP contribution in [0.3, 0.4) is 0 Å². The van der Waals surface area contributed by atoms with Crippen molar-refractivity contribution in [2.24, 2.45) is 17.6 Å². The fourth-order valence-electron chi connectivity index (χ4n) is 2.31. The molecule has 1 fully saturated rings. The smallest absolute Gasteiger partial charge is 0.233 e. The number of hydrogen-bond donors (Lipinski definition) is 2. The Labute approximate surface area is 86.4 Å². The van der Waals surface area contributed by atoms with Gasteiger partial charge in [-0.15, -0.1) is 0 Å². The number of carbonyl (C=O) groups is 1. The van der Waals surface area contributed by atoms with Crippen molar-refractivity contribution in [2.75, 3.05) is 13.1 Å². The van der Waals surface area contributed by atoms with Crippen LogP contribution in [0.4, 0.5) is 0 Å². The molecule has 2 unspecified atom stereocenters. The molecular formula is C11H22N2O. The first-order valence-electron chi connectivity index (χ1n) is 5.69. The molecule has 3 nitrogen and oxygen atoms in total. The third-order valence-electron chi connectivity index (χ3n) is 3.11. The molecule has 1 aliphatic rings. The molecule has 1 aliphatic carbocycles. The van der Waals surface area contributed by atoms with Crippen LogP contribution in [0.25, 0.3) is 0 Å². The first kappa shape index (κ1) is 11.5. The highest BCUT2D eigenvalue weighted by Crippen LogP contribution is 2.30. The first-order valence-corrected chi connectivity index (χ1v) is 5.69. The van der Waals surface area contributed by atoms with Crippen molar-refractivity contribution in [3.05, 3.63) is 0 Å². The van der Waals surface area contributed by atoms with E-state index in [1.165, 1.54) is 25.7 Å². The second-order valence-corrected chi connectivity index (χ2v) is 4.48. The number of nitrogens with two attached hydrogens (primary N) is 1. The molecule has 0 aromatic heterocycles. The molecule has 0 heterocycles. The molecule has 0 bridgehead atoms. The highest BCUT2D eigenvalue weighted by molar-refractivity contribution is 5.77. The molecule has 0 spiro atoms. The van der Waals surface area contributed by atoms with Gasteiger partial charge in [0.25, 0.3) is 0 Å². The summed E-state index contributed by atoms with van der Waals surface area (Å²) in [7, 11) is 0. The molecule has 1 rings (SSSR count). The molecule has 0 aromatic rings. The van der Waals surface area contributed by atoms with E-state index < -0.39 is 0 Å². The van der Waals surface area contributed by atoms with Crippen molar-refractivity contribution >= 4 is 5.91 Å². The van der Waals surface area contributed by atoms with Crippen LogP contribution in [0.1, 0.15) is 39.0 Å². The van der Waals surface area contributed by atoms with Crippen LogP contribution in [0.5, 0.6) is 0 Å². The van der Waals surface area contributed by atoms with E-state index in [2.05, 4.69) is 12.2 Å². The van der Waals surface area contributed by atoms with E-state index in [-0.39, 0.29) is 12.5 Å². The fraction of sp³-hybridized carbons (Fsp3) is 0.909. The van der Waals surface area contributed by atoms with E-state index in [4.69, 9.17) is 5.73 Å². The zero-order valence-electron chi connectivity index (χ0n) is 9.09. The van der Waals surface area contributed by atoms with E-state index >= 15 is 0 Å². The van der Waals surface area contributed by atoms with E-state index in [0.717, 1.165) is 24.8 Å². The molecule has 3 N–H and O–H groups in total. The quantitative estimate of drug-likeness (QED) is 0.715. The standard InChI is InChI=1S/C11H22N2O/c1-9-3-2-4-10(7-9)5-6-13-11(14)8-12/h9-10H,2-8,12H2,1H3,(H,13,14). The summed E-state index contributed by atoms with van der Waals surface area (Å²) in [6, 6.07) is 0. The average Bonchev–Trinajstić information content (AvgIpc) is 2.17. The number of carbonyl (C=O) groups excluding carboxylic acids is 1. The van der Waals surface area contributed by atoms with Gasteiger partial charge in [-0.3, -0.25) is 4.79 Å². The fourth-order valence-corrected chi connectivity index (χ4v) is 2.31. The molecule has 1 amide bonds. The Hall–Kier alpha value is -0.570. The Morgan fingerprint density at radius 2 is 2.29 bits per heavy atom. The first-order chi connectivity index (χ1) is 6.72. The minimum atomic E-state index is -0.0335. The topological polar surface area (TPSA) is 55.1 Å². The summed E-state index contributed by atoms with van der Waals surface area (Å²) >= 11 is 0. The van der Waals surface area contributed by atoms with Crippen molar-refractivity contribution in [3.8, 4) is 0 Å². The second kappa shape index (κ2) is 6.02. The molecular weight excluding hydrogens is 176 g/mol. The van der Waals surface area contributed by atoms with E-state index in [1.54, 1.807) is 0 Å². The predicted molar refractivity (Wildman–Crippen MR) is 57.8 cm³/mol. The molecule has 1 saturated carbocycles. The van der Waals surface area contributed by atoms with Gasteiger partial charge in [0.1, 0.15) is 0 Å². The highest BCUT2D eigenvalue weighted by Gasteiger charge is 2.18. The maximum Gasteiger partial charge on any atom is 0.233 e. The van der Waals surface area contributed by atoms with Crippen molar-refractivity contribution in [1.29, 1.82) is 0 Å². The summed E-state index contributed by atoms with van der Waals surface area (Å²) in [6.45, 7) is 3.24. The lowest BCUT2D eigenvalue weighted by Crippen LogP contribution is -2.32. The Kier molecular flexibility index (Phi) is 4.94. The lowest BCUT2D eigenvalue weighted by atomic mass is 9.81. The van der Waals surface area contributed by atoms with Gasteiger partial charge in [-0.2, -0.15) is 0 Å². The van der Waals surface area contributed by atoms with Crippen LogP contribution >= 0.6 is 0 Å². The zero-order valence-corrected chi connectivity index (χ0v) is 9.09. The summed E-state index contributed by atoms with van der Waals surface area (Å²) in [6.07, 6.45) is 6.53. The maximum absolute atomic E-state index is 10.9. The largest absolute Gasteiger partial charge is 0.355 e. The third-order valence-corrected chi connectivity index (χ3v) is 3.11. The van der Waals surface area contributed by atoms with Gasteiger partial charge in [-0.05, 0) is 24.7 Å². The van der Waals surface area contributed by atoms with Gasteiger partial charge in [0.15, 0.2) is 0 Å². The van der Waals surface area contributed by atoms with Crippen molar-refractivity contribution in [3.63, 3.8) is 0 Å². The Morgan fingerprint density at radius 1 is 1.50 bits per heavy atom. The minimum absolute atomic E-state index is 0.0335. The second-order valence-electron chi connectivity index (χ2n) is 4.48. The molecule has 0 aliphatic heterocycles. The van der Waals surface area contributed by atoms with Crippen LogP contribution in [0.15, 0.2) is 0 Å². The Morgan fingerprint density at radius 3 is 2.93 bits per heavy atom. The summed E-state index contributed by atoms with van der Waals surface area (Å²) in [5.74, 6) is 1.66. The molecule has 14 heavy (non-hydrogen) atoms. The van der Waals surface area contributed by atoms with E-state index in [0.29, 0.717) is 0 Å². The van der Waals surface area contributed by atoms with Crippen LogP contribution in [-0.4, -0.2) is 19.0 Å². The predicted octanol–water partition coefficient (Wildman–Crippen LogP) is 1.28. The zero-order chi connectivity index (χ0) is 10.4. The van der Waals surface area contributed by atoms with Gasteiger partial charge in [0.2, 0.25) is 5.91 Å². The molecule has 3 heteroatoms. The molecule has 82 valence electrons. The summed E-state index contributed by atoms with van der Waals surface area (Å²) in [4.78, 5) is 10.9. The highest BCUT2D eigenvalue weighted by atomic mass is 16.1. The maximum atomic E-state index is 10.9. The van der Waals surface area contributed by atoms with Gasteiger partial charge in [-0.25, -0.2) is 0 Å². The van der Waals surface area contributed by atoms with Gasteiger partial charge in [0.05, 0.1) is 6.54 Å². The summed E-state index contributed by atoms with van der Waals surface area (Å²) in [5.41, 5.74) is 5.20. The Balaban J connectivity index is 2.08. The van der Waals surface area contributed by atoms with Crippen molar-refractivity contribution < 1.29 is 4.79 Å². The number of nitrogens with one attached hydrogen (secondary N) is 1.